The van der Waals surface area contributed by atoms with Crippen LogP contribution in [0.1, 0.15) is 33.1 Å². The minimum Gasteiger partial charge on any atom is -0.368 e. The lowest BCUT2D eigenvalue weighted by Gasteiger charge is -2.40. The minimum atomic E-state index is 0.604. The van der Waals surface area contributed by atoms with Gasteiger partial charge in [0.25, 0.3) is 0 Å². The van der Waals surface area contributed by atoms with Gasteiger partial charge in [-0.1, -0.05) is 19.1 Å². The van der Waals surface area contributed by atoms with Crippen LogP contribution in [0.25, 0.3) is 0 Å². The predicted molar refractivity (Wildman–Crippen MR) is 82.3 cm³/mol. The molecule has 2 nitrogen and oxygen atoms in total. The molecule has 0 radical (unpaired) electrons. The van der Waals surface area contributed by atoms with Crippen LogP contribution in [0.5, 0.6) is 0 Å². The second-order valence-electron chi connectivity index (χ2n) is 5.17. The smallest absolute Gasteiger partial charge is 0.0513 e. The summed E-state index contributed by atoms with van der Waals surface area (Å²) in [4.78, 5) is 2.52. The summed E-state index contributed by atoms with van der Waals surface area (Å²) in [6, 6.07) is 9.83. The molecule has 1 fully saturated rings. The summed E-state index contributed by atoms with van der Waals surface area (Å²) in [5.74, 6) is 0. The van der Waals surface area contributed by atoms with E-state index in [1.165, 1.54) is 29.4 Å². The molecule has 0 spiro atoms. The quantitative estimate of drug-likeness (QED) is 0.910. The number of hydrogen-bond donors (Lipinski definition) is 1. The monoisotopic (exact) mass is 310 g/mol. The highest BCUT2D eigenvalue weighted by Gasteiger charge is 2.25. The molecule has 3 heteroatoms. The number of anilines is 1. The summed E-state index contributed by atoms with van der Waals surface area (Å²) in [5.41, 5.74) is 1.33. The van der Waals surface area contributed by atoms with Crippen LogP contribution in [-0.4, -0.2) is 25.2 Å². The maximum Gasteiger partial charge on any atom is 0.0513 e. The SMILES string of the molecule is CCCNC1CCN(c2ccccc2Br)C(C)C1. The van der Waals surface area contributed by atoms with Crippen LogP contribution in [0, 0.1) is 0 Å². The Labute approximate surface area is 119 Å². The van der Waals surface area contributed by atoms with Crippen LogP contribution < -0.4 is 10.2 Å². The van der Waals surface area contributed by atoms with Crippen molar-refractivity contribution < 1.29 is 0 Å². The van der Waals surface area contributed by atoms with Gasteiger partial charge in [-0.25, -0.2) is 0 Å². The zero-order chi connectivity index (χ0) is 13.0. The third-order valence-electron chi connectivity index (χ3n) is 3.72. The molecule has 0 aliphatic carbocycles. The van der Waals surface area contributed by atoms with Gasteiger partial charge in [-0.3, -0.25) is 0 Å². The topological polar surface area (TPSA) is 15.3 Å². The summed E-state index contributed by atoms with van der Waals surface area (Å²) in [6.07, 6.45) is 3.70. The molecule has 1 aromatic rings. The molecule has 1 aromatic carbocycles. The summed E-state index contributed by atoms with van der Waals surface area (Å²) < 4.78 is 1.21. The molecule has 1 aliphatic heterocycles. The van der Waals surface area contributed by atoms with Gasteiger partial charge in [-0.05, 0) is 60.8 Å². The second-order valence-corrected chi connectivity index (χ2v) is 6.02. The van der Waals surface area contributed by atoms with E-state index >= 15 is 0 Å². The van der Waals surface area contributed by atoms with E-state index in [4.69, 9.17) is 0 Å². The van der Waals surface area contributed by atoms with Crippen LogP contribution in [0.3, 0.4) is 0 Å². The summed E-state index contributed by atoms with van der Waals surface area (Å²) in [6.45, 7) is 6.85. The van der Waals surface area contributed by atoms with Crippen LogP contribution in [0.2, 0.25) is 0 Å². The van der Waals surface area contributed by atoms with Gasteiger partial charge in [-0.15, -0.1) is 0 Å². The van der Waals surface area contributed by atoms with Crippen LogP contribution in [-0.2, 0) is 0 Å². The van der Waals surface area contributed by atoms with Crippen molar-refractivity contribution in [3.8, 4) is 0 Å². The zero-order valence-corrected chi connectivity index (χ0v) is 12.9. The maximum atomic E-state index is 3.66. The lowest BCUT2D eigenvalue weighted by atomic mass is 9.97. The average Bonchev–Trinajstić information content (AvgIpc) is 2.38. The molecule has 100 valence electrons. The van der Waals surface area contributed by atoms with E-state index in [0.717, 1.165) is 13.1 Å². The molecule has 0 saturated carbocycles. The molecule has 2 unspecified atom stereocenters. The van der Waals surface area contributed by atoms with Crippen molar-refractivity contribution in [2.24, 2.45) is 0 Å². The number of benzene rings is 1. The van der Waals surface area contributed by atoms with Crippen molar-refractivity contribution in [3.05, 3.63) is 28.7 Å². The maximum absolute atomic E-state index is 3.66. The number of piperidine rings is 1. The fourth-order valence-corrected chi connectivity index (χ4v) is 3.26. The number of nitrogens with one attached hydrogen (secondary N) is 1. The Balaban J connectivity index is 1.99. The highest BCUT2D eigenvalue weighted by atomic mass is 79.9. The summed E-state index contributed by atoms with van der Waals surface area (Å²) in [5, 5.41) is 3.65. The van der Waals surface area contributed by atoms with E-state index in [-0.39, 0.29) is 0 Å². The van der Waals surface area contributed by atoms with Crippen molar-refractivity contribution in [1.82, 2.24) is 5.32 Å². The van der Waals surface area contributed by atoms with Crippen LogP contribution in [0.4, 0.5) is 5.69 Å². The highest BCUT2D eigenvalue weighted by Crippen LogP contribution is 2.31. The highest BCUT2D eigenvalue weighted by molar-refractivity contribution is 9.10. The number of halogens is 1. The average molecular weight is 311 g/mol. The van der Waals surface area contributed by atoms with Crippen molar-refractivity contribution in [2.45, 2.75) is 45.2 Å². The molecule has 1 heterocycles. The normalized spacial score (nSPS) is 24.3. The largest absolute Gasteiger partial charge is 0.368 e. The number of hydrogen-bond acceptors (Lipinski definition) is 2. The molecule has 0 bridgehead atoms. The summed E-state index contributed by atoms with van der Waals surface area (Å²) >= 11 is 3.66. The fraction of sp³-hybridized carbons (Fsp3) is 0.600. The van der Waals surface area contributed by atoms with Gasteiger partial charge in [0.05, 0.1) is 5.69 Å². The Morgan fingerprint density at radius 3 is 2.83 bits per heavy atom. The molecule has 1 aliphatic rings. The lowest BCUT2D eigenvalue weighted by molar-refractivity contribution is 0.368. The third-order valence-corrected chi connectivity index (χ3v) is 4.39. The molecular formula is C15H23BrN2. The molecule has 1 saturated heterocycles. The zero-order valence-electron chi connectivity index (χ0n) is 11.3. The van der Waals surface area contributed by atoms with Crippen LogP contribution in [0.15, 0.2) is 28.7 Å². The predicted octanol–water partition coefficient (Wildman–Crippen LogP) is 3.81. The first kappa shape index (κ1) is 13.9. The Morgan fingerprint density at radius 1 is 1.39 bits per heavy atom. The molecule has 2 rings (SSSR count). The molecule has 0 amide bonds. The first-order valence-corrected chi connectivity index (χ1v) is 7.76. The Kier molecular flexibility index (Phi) is 5.07. The van der Waals surface area contributed by atoms with Gasteiger partial charge < -0.3 is 10.2 Å². The van der Waals surface area contributed by atoms with Gasteiger partial charge in [-0.2, -0.15) is 0 Å². The lowest BCUT2D eigenvalue weighted by Crippen LogP contribution is -2.47. The summed E-state index contributed by atoms with van der Waals surface area (Å²) in [7, 11) is 0. The van der Waals surface area contributed by atoms with Gasteiger partial charge in [0.15, 0.2) is 0 Å². The van der Waals surface area contributed by atoms with E-state index in [1.54, 1.807) is 0 Å². The first-order valence-electron chi connectivity index (χ1n) is 6.97. The minimum absolute atomic E-state index is 0.604. The van der Waals surface area contributed by atoms with E-state index in [9.17, 15) is 0 Å². The van der Waals surface area contributed by atoms with Gasteiger partial charge in [0.2, 0.25) is 0 Å². The second kappa shape index (κ2) is 6.58. The Hall–Kier alpha value is -0.540. The van der Waals surface area contributed by atoms with Crippen molar-refractivity contribution in [2.75, 3.05) is 18.0 Å². The number of nitrogens with zero attached hydrogens (tertiary/aromatic N) is 1. The van der Waals surface area contributed by atoms with Gasteiger partial charge >= 0.3 is 0 Å². The van der Waals surface area contributed by atoms with Crippen molar-refractivity contribution in [3.63, 3.8) is 0 Å². The third kappa shape index (κ3) is 3.27. The molecule has 1 N–H and O–H groups in total. The van der Waals surface area contributed by atoms with E-state index in [1.807, 2.05) is 0 Å². The molecule has 18 heavy (non-hydrogen) atoms. The van der Waals surface area contributed by atoms with E-state index < -0.39 is 0 Å². The molecule has 0 aromatic heterocycles. The molecular weight excluding hydrogens is 288 g/mol. The standard InChI is InChI=1S/C15H23BrN2/c1-3-9-17-13-8-10-18(12(2)11-13)15-7-5-4-6-14(15)16/h4-7,12-13,17H,3,8-11H2,1-2H3. The van der Waals surface area contributed by atoms with Gasteiger partial charge in [0, 0.05) is 23.1 Å². The van der Waals surface area contributed by atoms with E-state index in [0.29, 0.717) is 12.1 Å². The molecule has 2 atom stereocenters. The Morgan fingerprint density at radius 2 is 2.17 bits per heavy atom. The van der Waals surface area contributed by atoms with E-state index in [2.05, 4.69) is 64.3 Å². The first-order chi connectivity index (χ1) is 8.72. The Bertz CT molecular complexity index is 381. The number of para-hydroxylation sites is 1. The fourth-order valence-electron chi connectivity index (χ4n) is 2.75. The van der Waals surface area contributed by atoms with Crippen molar-refractivity contribution >= 4 is 21.6 Å². The van der Waals surface area contributed by atoms with Crippen molar-refractivity contribution in [1.29, 1.82) is 0 Å². The van der Waals surface area contributed by atoms with Crippen LogP contribution >= 0.6 is 15.9 Å². The number of rotatable bonds is 4. The van der Waals surface area contributed by atoms with Gasteiger partial charge in [0.1, 0.15) is 0 Å².